The summed E-state index contributed by atoms with van der Waals surface area (Å²) >= 11 is 0. The first-order valence-electron chi connectivity index (χ1n) is 5.10. The number of nitrogens with zero attached hydrogens (tertiary/aromatic N) is 1. The summed E-state index contributed by atoms with van der Waals surface area (Å²) < 4.78 is 5.05. The third-order valence-electron chi connectivity index (χ3n) is 2.44. The van der Waals surface area contributed by atoms with Gasteiger partial charge in [0.05, 0.1) is 13.2 Å². The molecule has 0 aliphatic heterocycles. The van der Waals surface area contributed by atoms with E-state index >= 15 is 0 Å². The van der Waals surface area contributed by atoms with E-state index in [1.807, 2.05) is 24.3 Å². The third-order valence-corrected chi connectivity index (χ3v) is 2.44. The molecule has 1 heterocycles. The van der Waals surface area contributed by atoms with Gasteiger partial charge in [-0.2, -0.15) is 0 Å². The van der Waals surface area contributed by atoms with Crippen molar-refractivity contribution in [3.05, 3.63) is 48.0 Å². The number of aliphatic hydroxyl groups is 1. The summed E-state index contributed by atoms with van der Waals surface area (Å²) in [6.45, 7) is 0. The van der Waals surface area contributed by atoms with Gasteiger partial charge < -0.3 is 14.8 Å². The van der Waals surface area contributed by atoms with Crippen molar-refractivity contribution in [3.8, 4) is 5.75 Å². The number of benzene rings is 1. The first kappa shape index (κ1) is 10.7. The molecule has 0 fully saturated rings. The molecule has 0 spiro atoms. The second-order valence-electron chi connectivity index (χ2n) is 3.53. The molecule has 0 saturated heterocycles. The van der Waals surface area contributed by atoms with Crippen LogP contribution in [-0.4, -0.2) is 22.2 Å². The Morgan fingerprint density at radius 2 is 2.12 bits per heavy atom. The predicted octanol–water partition coefficient (Wildman–Crippen LogP) is 1.69. The third kappa shape index (κ3) is 2.41. The Kier molecular flexibility index (Phi) is 3.22. The van der Waals surface area contributed by atoms with E-state index < -0.39 is 6.10 Å². The fraction of sp³-hybridized carbons (Fsp3) is 0.250. The van der Waals surface area contributed by atoms with E-state index in [1.165, 1.54) is 0 Å². The zero-order chi connectivity index (χ0) is 11.4. The summed E-state index contributed by atoms with van der Waals surface area (Å²) in [7, 11) is 1.62. The highest BCUT2D eigenvalue weighted by atomic mass is 16.5. The molecule has 4 heteroatoms. The van der Waals surface area contributed by atoms with Gasteiger partial charge in [0, 0.05) is 18.8 Å². The number of aliphatic hydroxyl groups excluding tert-OH is 1. The molecule has 4 nitrogen and oxygen atoms in total. The van der Waals surface area contributed by atoms with Crippen molar-refractivity contribution in [3.63, 3.8) is 0 Å². The monoisotopic (exact) mass is 218 g/mol. The van der Waals surface area contributed by atoms with Crippen LogP contribution in [0.3, 0.4) is 0 Å². The van der Waals surface area contributed by atoms with Crippen molar-refractivity contribution in [1.82, 2.24) is 9.97 Å². The normalized spacial score (nSPS) is 12.4. The molecule has 2 N–H and O–H groups in total. The van der Waals surface area contributed by atoms with Gasteiger partial charge in [-0.05, 0) is 17.7 Å². The maximum absolute atomic E-state index is 9.96. The average molecular weight is 218 g/mol. The van der Waals surface area contributed by atoms with E-state index in [-0.39, 0.29) is 0 Å². The Morgan fingerprint density at radius 3 is 2.69 bits per heavy atom. The van der Waals surface area contributed by atoms with Crippen molar-refractivity contribution in [2.24, 2.45) is 0 Å². The molecule has 0 aliphatic rings. The molecule has 0 radical (unpaired) electrons. The van der Waals surface area contributed by atoms with Crippen LogP contribution in [0.2, 0.25) is 0 Å². The van der Waals surface area contributed by atoms with Gasteiger partial charge in [0.15, 0.2) is 0 Å². The van der Waals surface area contributed by atoms with Gasteiger partial charge in [0.2, 0.25) is 0 Å². The summed E-state index contributed by atoms with van der Waals surface area (Å²) in [5, 5.41) is 9.96. The van der Waals surface area contributed by atoms with Gasteiger partial charge in [0.25, 0.3) is 0 Å². The fourth-order valence-electron chi connectivity index (χ4n) is 1.54. The number of H-pyrrole nitrogens is 1. The van der Waals surface area contributed by atoms with Crippen LogP contribution in [0, 0.1) is 0 Å². The van der Waals surface area contributed by atoms with Gasteiger partial charge >= 0.3 is 0 Å². The van der Waals surface area contributed by atoms with Crippen molar-refractivity contribution in [2.45, 2.75) is 12.5 Å². The van der Waals surface area contributed by atoms with Gasteiger partial charge in [0.1, 0.15) is 11.6 Å². The number of methoxy groups -OCH3 is 1. The zero-order valence-corrected chi connectivity index (χ0v) is 9.05. The lowest BCUT2D eigenvalue weighted by Crippen LogP contribution is -2.03. The Balaban J connectivity index is 2.05. The minimum Gasteiger partial charge on any atom is -0.497 e. The number of imidazole rings is 1. The van der Waals surface area contributed by atoms with Gasteiger partial charge in [-0.15, -0.1) is 0 Å². The molecule has 84 valence electrons. The van der Waals surface area contributed by atoms with Crippen LogP contribution in [0.4, 0.5) is 0 Å². The Hall–Kier alpha value is -1.81. The summed E-state index contributed by atoms with van der Waals surface area (Å²) in [5.41, 5.74) is 0.859. The van der Waals surface area contributed by atoms with Gasteiger partial charge in [-0.1, -0.05) is 12.1 Å². The summed E-state index contributed by atoms with van der Waals surface area (Å²) in [5.74, 6) is 1.57. The van der Waals surface area contributed by atoms with Gasteiger partial charge in [-0.25, -0.2) is 4.98 Å². The molecule has 0 aliphatic carbocycles. The number of aromatic amines is 1. The van der Waals surface area contributed by atoms with E-state index in [1.54, 1.807) is 19.5 Å². The molecule has 1 unspecified atom stereocenters. The quantitative estimate of drug-likeness (QED) is 0.821. The lowest BCUT2D eigenvalue weighted by molar-refractivity contribution is 0.176. The molecule has 1 aromatic carbocycles. The molecular weight excluding hydrogens is 204 g/mol. The number of hydrogen-bond donors (Lipinski definition) is 2. The molecule has 0 amide bonds. The molecule has 0 bridgehead atoms. The van der Waals surface area contributed by atoms with Crippen LogP contribution in [0.25, 0.3) is 0 Å². The fourth-order valence-corrected chi connectivity index (χ4v) is 1.54. The number of rotatable bonds is 4. The lowest BCUT2D eigenvalue weighted by atomic mass is 10.1. The predicted molar refractivity (Wildman–Crippen MR) is 60.2 cm³/mol. The first-order chi connectivity index (χ1) is 7.79. The van der Waals surface area contributed by atoms with Crippen molar-refractivity contribution in [2.75, 3.05) is 7.11 Å². The zero-order valence-electron chi connectivity index (χ0n) is 9.05. The molecule has 2 rings (SSSR count). The minimum absolute atomic E-state index is 0.485. The van der Waals surface area contributed by atoms with E-state index in [0.717, 1.165) is 17.1 Å². The number of aromatic nitrogens is 2. The molecule has 1 aromatic heterocycles. The maximum atomic E-state index is 9.96. The molecule has 16 heavy (non-hydrogen) atoms. The second kappa shape index (κ2) is 4.81. The standard InChI is InChI=1S/C12H14N2O2/c1-16-10-4-2-9(3-5-10)11(15)8-12-13-6-7-14-12/h2-7,11,15H,8H2,1H3,(H,13,14). The van der Waals surface area contributed by atoms with Crippen LogP contribution in [0.5, 0.6) is 5.75 Å². The molecule has 1 atom stereocenters. The van der Waals surface area contributed by atoms with Crippen LogP contribution in [0.1, 0.15) is 17.5 Å². The highest BCUT2D eigenvalue weighted by molar-refractivity contribution is 5.28. The maximum Gasteiger partial charge on any atom is 0.118 e. The second-order valence-corrected chi connectivity index (χ2v) is 3.53. The number of ether oxygens (including phenoxy) is 1. The number of nitrogens with one attached hydrogen (secondary N) is 1. The summed E-state index contributed by atoms with van der Waals surface area (Å²) in [6, 6.07) is 7.38. The largest absolute Gasteiger partial charge is 0.497 e. The van der Waals surface area contributed by atoms with E-state index in [9.17, 15) is 5.11 Å². The Bertz CT molecular complexity index is 423. The van der Waals surface area contributed by atoms with E-state index in [2.05, 4.69) is 9.97 Å². The van der Waals surface area contributed by atoms with Crippen LogP contribution in [0.15, 0.2) is 36.7 Å². The SMILES string of the molecule is COc1ccc(C(O)Cc2ncc[nH]2)cc1. The van der Waals surface area contributed by atoms with Crippen molar-refractivity contribution < 1.29 is 9.84 Å². The summed E-state index contributed by atoms with van der Waals surface area (Å²) in [4.78, 5) is 7.04. The van der Waals surface area contributed by atoms with E-state index in [4.69, 9.17) is 4.74 Å². The van der Waals surface area contributed by atoms with E-state index in [0.29, 0.717) is 6.42 Å². The smallest absolute Gasteiger partial charge is 0.118 e. The summed E-state index contributed by atoms with van der Waals surface area (Å²) in [6.07, 6.45) is 3.36. The van der Waals surface area contributed by atoms with Crippen molar-refractivity contribution >= 4 is 0 Å². The highest BCUT2D eigenvalue weighted by Crippen LogP contribution is 2.19. The highest BCUT2D eigenvalue weighted by Gasteiger charge is 2.09. The lowest BCUT2D eigenvalue weighted by Gasteiger charge is -2.09. The molecule has 0 saturated carbocycles. The van der Waals surface area contributed by atoms with Gasteiger partial charge in [-0.3, -0.25) is 0 Å². The first-order valence-corrected chi connectivity index (χ1v) is 5.10. The van der Waals surface area contributed by atoms with Crippen LogP contribution in [-0.2, 0) is 6.42 Å². The minimum atomic E-state index is -0.544. The van der Waals surface area contributed by atoms with Crippen molar-refractivity contribution in [1.29, 1.82) is 0 Å². The van der Waals surface area contributed by atoms with Crippen LogP contribution >= 0.6 is 0 Å². The Labute approximate surface area is 93.9 Å². The number of hydrogen-bond acceptors (Lipinski definition) is 3. The Morgan fingerprint density at radius 1 is 1.38 bits per heavy atom. The molecular formula is C12H14N2O2. The van der Waals surface area contributed by atoms with Crippen LogP contribution < -0.4 is 4.74 Å². The molecule has 2 aromatic rings. The topological polar surface area (TPSA) is 58.1 Å². The average Bonchev–Trinajstić information content (AvgIpc) is 2.82.